The Morgan fingerprint density at radius 2 is 1.45 bits per heavy atom. The second-order valence-electron chi connectivity index (χ2n) is 4.70. The molecule has 1 unspecified atom stereocenters. The van der Waals surface area contributed by atoms with Gasteiger partial charge in [-0.2, -0.15) is 0 Å². The number of pyridine rings is 1. The quantitative estimate of drug-likeness (QED) is 0.583. The standard InChI is InChI=1S/C16H16N4O2/c1-11(17)14(15(21)19-12-5-3-2-4-6-12)16(22)20-13-7-9-18-10-8-13/h2-10,14,17H,1H3,(H,19,21)(H,18,20,22). The second-order valence-corrected chi connectivity index (χ2v) is 4.70. The van der Waals surface area contributed by atoms with Gasteiger partial charge >= 0.3 is 0 Å². The van der Waals surface area contributed by atoms with E-state index in [0.717, 1.165) is 0 Å². The summed E-state index contributed by atoms with van der Waals surface area (Å²) < 4.78 is 0. The highest BCUT2D eigenvalue weighted by Crippen LogP contribution is 2.12. The predicted octanol–water partition coefficient (Wildman–Crippen LogP) is 2.31. The number of nitrogens with one attached hydrogen (secondary N) is 3. The van der Waals surface area contributed by atoms with Crippen LogP contribution >= 0.6 is 0 Å². The third-order valence-corrected chi connectivity index (χ3v) is 2.95. The summed E-state index contributed by atoms with van der Waals surface area (Å²) in [5.74, 6) is -2.27. The fourth-order valence-electron chi connectivity index (χ4n) is 1.90. The lowest BCUT2D eigenvalue weighted by atomic mass is 10.0. The first-order valence-electron chi connectivity index (χ1n) is 6.70. The van der Waals surface area contributed by atoms with E-state index in [-0.39, 0.29) is 5.71 Å². The van der Waals surface area contributed by atoms with Crippen LogP contribution in [0.5, 0.6) is 0 Å². The monoisotopic (exact) mass is 296 g/mol. The Hall–Kier alpha value is -3.02. The van der Waals surface area contributed by atoms with Gasteiger partial charge in [0, 0.05) is 29.5 Å². The summed E-state index contributed by atoms with van der Waals surface area (Å²) in [6.45, 7) is 1.43. The smallest absolute Gasteiger partial charge is 0.242 e. The van der Waals surface area contributed by atoms with E-state index in [9.17, 15) is 9.59 Å². The molecule has 0 fully saturated rings. The van der Waals surface area contributed by atoms with Gasteiger partial charge in [-0.3, -0.25) is 14.6 Å². The van der Waals surface area contributed by atoms with Crippen molar-refractivity contribution in [3.63, 3.8) is 0 Å². The van der Waals surface area contributed by atoms with Crippen molar-refractivity contribution in [2.45, 2.75) is 6.92 Å². The van der Waals surface area contributed by atoms with Crippen LogP contribution in [0.4, 0.5) is 11.4 Å². The number of nitrogens with zero attached hydrogens (tertiary/aromatic N) is 1. The van der Waals surface area contributed by atoms with Crippen LogP contribution in [0.2, 0.25) is 0 Å². The number of para-hydroxylation sites is 1. The topological polar surface area (TPSA) is 94.9 Å². The number of amides is 2. The summed E-state index contributed by atoms with van der Waals surface area (Å²) >= 11 is 0. The molecule has 6 heteroatoms. The van der Waals surface area contributed by atoms with Gasteiger partial charge in [0.1, 0.15) is 0 Å². The highest BCUT2D eigenvalue weighted by atomic mass is 16.2. The number of anilines is 2. The maximum Gasteiger partial charge on any atom is 0.242 e. The minimum atomic E-state index is -1.19. The van der Waals surface area contributed by atoms with E-state index in [1.165, 1.54) is 19.3 Å². The van der Waals surface area contributed by atoms with Crippen molar-refractivity contribution < 1.29 is 9.59 Å². The third kappa shape index (κ3) is 3.99. The van der Waals surface area contributed by atoms with Crippen LogP contribution in [0.15, 0.2) is 54.9 Å². The molecule has 1 atom stereocenters. The number of carbonyl (C=O) groups is 2. The number of rotatable bonds is 5. The largest absolute Gasteiger partial charge is 0.325 e. The summed E-state index contributed by atoms with van der Waals surface area (Å²) in [5, 5.41) is 13.0. The molecule has 22 heavy (non-hydrogen) atoms. The van der Waals surface area contributed by atoms with Crippen molar-refractivity contribution >= 4 is 28.9 Å². The molecule has 0 spiro atoms. The van der Waals surface area contributed by atoms with E-state index in [1.807, 2.05) is 6.07 Å². The zero-order valence-corrected chi connectivity index (χ0v) is 12.0. The van der Waals surface area contributed by atoms with Gasteiger partial charge in [-0.25, -0.2) is 0 Å². The van der Waals surface area contributed by atoms with Crippen molar-refractivity contribution in [1.29, 1.82) is 5.41 Å². The molecule has 0 aliphatic rings. The summed E-state index contributed by atoms with van der Waals surface area (Å²) in [6, 6.07) is 12.0. The molecule has 2 rings (SSSR count). The zero-order chi connectivity index (χ0) is 15.9. The van der Waals surface area contributed by atoms with Crippen LogP contribution in [-0.2, 0) is 9.59 Å². The lowest BCUT2D eigenvalue weighted by molar-refractivity contribution is -0.126. The fourth-order valence-corrected chi connectivity index (χ4v) is 1.90. The van der Waals surface area contributed by atoms with Gasteiger partial charge in [0.25, 0.3) is 0 Å². The SMILES string of the molecule is CC(=N)C(C(=O)Nc1ccccc1)C(=O)Nc1ccncc1. The molecule has 2 amide bonds. The van der Waals surface area contributed by atoms with Crippen LogP contribution in [-0.4, -0.2) is 22.5 Å². The molecule has 0 aliphatic carbocycles. The summed E-state index contributed by atoms with van der Waals surface area (Å²) in [4.78, 5) is 28.4. The zero-order valence-electron chi connectivity index (χ0n) is 12.0. The maximum atomic E-state index is 12.3. The normalized spacial score (nSPS) is 11.3. The average Bonchev–Trinajstić information content (AvgIpc) is 2.48. The second kappa shape index (κ2) is 7.12. The molecule has 3 N–H and O–H groups in total. The average molecular weight is 296 g/mol. The van der Waals surface area contributed by atoms with Crippen LogP contribution in [0.1, 0.15) is 6.92 Å². The van der Waals surface area contributed by atoms with Crippen LogP contribution in [0, 0.1) is 11.3 Å². The molecule has 112 valence electrons. The lowest BCUT2D eigenvalue weighted by Crippen LogP contribution is -2.38. The van der Waals surface area contributed by atoms with E-state index in [4.69, 9.17) is 5.41 Å². The number of carbonyl (C=O) groups excluding carboxylic acids is 2. The van der Waals surface area contributed by atoms with E-state index < -0.39 is 17.7 Å². The summed E-state index contributed by atoms with van der Waals surface area (Å²) in [5.41, 5.74) is 1.08. The molecule has 1 aromatic heterocycles. The minimum Gasteiger partial charge on any atom is -0.325 e. The van der Waals surface area contributed by atoms with Gasteiger partial charge in [-0.05, 0) is 31.2 Å². The Balaban J connectivity index is 2.10. The molecular weight excluding hydrogens is 280 g/mol. The Bertz CT molecular complexity index is 618. The van der Waals surface area contributed by atoms with Crippen molar-refractivity contribution in [2.24, 2.45) is 5.92 Å². The van der Waals surface area contributed by atoms with Gasteiger partial charge in [0.15, 0.2) is 5.92 Å². The first kappa shape index (κ1) is 15.4. The summed E-state index contributed by atoms with van der Waals surface area (Å²) in [6.07, 6.45) is 3.07. The molecule has 1 aromatic carbocycles. The van der Waals surface area contributed by atoms with Gasteiger partial charge in [0.2, 0.25) is 11.8 Å². The highest BCUT2D eigenvalue weighted by Gasteiger charge is 2.29. The number of aromatic nitrogens is 1. The van der Waals surface area contributed by atoms with Gasteiger partial charge in [-0.1, -0.05) is 18.2 Å². The molecule has 0 radical (unpaired) electrons. The molecule has 2 aromatic rings. The molecule has 1 heterocycles. The van der Waals surface area contributed by atoms with E-state index >= 15 is 0 Å². The third-order valence-electron chi connectivity index (χ3n) is 2.95. The lowest BCUT2D eigenvalue weighted by Gasteiger charge is -2.15. The maximum absolute atomic E-state index is 12.3. The van der Waals surface area contributed by atoms with Crippen LogP contribution in [0.25, 0.3) is 0 Å². The van der Waals surface area contributed by atoms with Crippen molar-refractivity contribution in [3.8, 4) is 0 Å². The minimum absolute atomic E-state index is 0.0278. The molecular formula is C16H16N4O2. The molecule has 0 bridgehead atoms. The molecule has 0 aliphatic heterocycles. The van der Waals surface area contributed by atoms with Gasteiger partial charge < -0.3 is 16.0 Å². The predicted molar refractivity (Wildman–Crippen MR) is 84.8 cm³/mol. The van der Waals surface area contributed by atoms with Crippen molar-refractivity contribution in [2.75, 3.05) is 10.6 Å². The van der Waals surface area contributed by atoms with E-state index in [0.29, 0.717) is 11.4 Å². The number of hydrogen-bond donors (Lipinski definition) is 3. The van der Waals surface area contributed by atoms with Crippen LogP contribution < -0.4 is 10.6 Å². The van der Waals surface area contributed by atoms with Crippen molar-refractivity contribution in [3.05, 3.63) is 54.9 Å². The van der Waals surface area contributed by atoms with Gasteiger partial charge in [0.05, 0.1) is 0 Å². The first-order valence-corrected chi connectivity index (χ1v) is 6.70. The summed E-state index contributed by atoms with van der Waals surface area (Å²) in [7, 11) is 0. The molecule has 6 nitrogen and oxygen atoms in total. The Morgan fingerprint density at radius 3 is 1.95 bits per heavy atom. The Kier molecular flexibility index (Phi) is 4.98. The molecule has 0 saturated carbocycles. The Morgan fingerprint density at radius 1 is 0.955 bits per heavy atom. The van der Waals surface area contributed by atoms with Crippen LogP contribution in [0.3, 0.4) is 0 Å². The number of hydrogen-bond acceptors (Lipinski definition) is 4. The van der Waals surface area contributed by atoms with Gasteiger partial charge in [-0.15, -0.1) is 0 Å². The Labute approximate surface area is 128 Å². The highest BCUT2D eigenvalue weighted by molar-refractivity contribution is 6.24. The molecule has 0 saturated heterocycles. The first-order chi connectivity index (χ1) is 10.6. The van der Waals surface area contributed by atoms with E-state index in [2.05, 4.69) is 15.6 Å². The van der Waals surface area contributed by atoms with Crippen molar-refractivity contribution in [1.82, 2.24) is 4.98 Å². The number of benzene rings is 1. The fraction of sp³-hybridized carbons (Fsp3) is 0.125. The van der Waals surface area contributed by atoms with E-state index in [1.54, 1.807) is 36.4 Å².